The highest BCUT2D eigenvalue weighted by Crippen LogP contribution is 2.40. The molecule has 27 heavy (non-hydrogen) atoms. The summed E-state index contributed by atoms with van der Waals surface area (Å²) < 4.78 is 17.1. The molecule has 2 rings (SSSR count). The molecule has 1 aliphatic rings. The minimum atomic E-state index is -0.106. The second-order valence-corrected chi connectivity index (χ2v) is 7.21. The van der Waals surface area contributed by atoms with Crippen molar-refractivity contribution in [2.24, 2.45) is 11.1 Å². The Morgan fingerprint density at radius 2 is 1.63 bits per heavy atom. The van der Waals surface area contributed by atoms with Crippen molar-refractivity contribution in [3.8, 4) is 17.2 Å². The Morgan fingerprint density at radius 1 is 1.11 bits per heavy atom. The van der Waals surface area contributed by atoms with Gasteiger partial charge in [-0.05, 0) is 44.7 Å². The molecule has 1 aliphatic heterocycles. The average molecular weight is 401 g/mol. The maximum atomic E-state index is 13.1. The van der Waals surface area contributed by atoms with Crippen LogP contribution in [0.15, 0.2) is 12.1 Å². The third-order valence-corrected chi connectivity index (χ3v) is 4.76. The molecule has 1 amide bonds. The molecular weight excluding hydrogens is 368 g/mol. The number of hydrogen-bond acceptors (Lipinski definition) is 5. The first-order valence-electron chi connectivity index (χ1n) is 9.45. The number of halogens is 1. The number of rotatable bonds is 7. The number of benzene rings is 1. The van der Waals surface area contributed by atoms with Gasteiger partial charge in [-0.2, -0.15) is 0 Å². The topological polar surface area (TPSA) is 74.0 Å². The molecule has 0 spiro atoms. The molecule has 1 atom stereocenters. The summed E-state index contributed by atoms with van der Waals surface area (Å²) >= 11 is 0. The highest BCUT2D eigenvalue weighted by molar-refractivity contribution is 5.95. The highest BCUT2D eigenvalue weighted by Gasteiger charge is 2.36. The fourth-order valence-electron chi connectivity index (χ4n) is 3.24. The standard InChI is InChI=1S/C20H32N2O4.ClH/c1-6-24-15-11-14(12-16(25-7-2)18(15)26-8-3)19(23)22-10-9-17(21)20(4,5)13-22;/h11-12,17H,6-10,13,21H2,1-5H3;1H. The molecule has 1 fully saturated rings. The first kappa shape index (κ1) is 23.4. The quantitative estimate of drug-likeness (QED) is 0.758. The van der Waals surface area contributed by atoms with E-state index in [1.165, 1.54) is 0 Å². The van der Waals surface area contributed by atoms with Gasteiger partial charge in [0.2, 0.25) is 5.75 Å². The van der Waals surface area contributed by atoms with Gasteiger partial charge in [-0.1, -0.05) is 13.8 Å². The number of ether oxygens (including phenoxy) is 3. The monoisotopic (exact) mass is 400 g/mol. The van der Waals surface area contributed by atoms with Crippen LogP contribution in [0.5, 0.6) is 17.2 Å². The van der Waals surface area contributed by atoms with Gasteiger partial charge in [0.05, 0.1) is 19.8 Å². The van der Waals surface area contributed by atoms with Crippen LogP contribution in [0.3, 0.4) is 0 Å². The SMILES string of the molecule is CCOc1cc(C(=O)N2CCC(N)C(C)(C)C2)cc(OCC)c1OCC.Cl. The molecule has 7 heteroatoms. The zero-order valence-electron chi connectivity index (χ0n) is 17.0. The lowest BCUT2D eigenvalue weighted by Gasteiger charge is -2.42. The Morgan fingerprint density at radius 3 is 2.07 bits per heavy atom. The maximum Gasteiger partial charge on any atom is 0.254 e. The van der Waals surface area contributed by atoms with Crippen molar-refractivity contribution in [3.05, 3.63) is 17.7 Å². The van der Waals surface area contributed by atoms with Gasteiger partial charge in [0.1, 0.15) is 0 Å². The molecule has 6 nitrogen and oxygen atoms in total. The molecule has 0 radical (unpaired) electrons. The van der Waals surface area contributed by atoms with Crippen LogP contribution >= 0.6 is 12.4 Å². The van der Waals surface area contributed by atoms with Crippen LogP contribution in [0.2, 0.25) is 0 Å². The molecular formula is C20H33ClN2O4. The van der Waals surface area contributed by atoms with Gasteiger partial charge in [-0.15, -0.1) is 12.4 Å². The Bertz CT molecular complexity index is 609. The molecule has 1 aromatic rings. The number of likely N-dealkylation sites (tertiary alicyclic amines) is 1. The summed E-state index contributed by atoms with van der Waals surface area (Å²) in [4.78, 5) is 15.0. The zero-order valence-corrected chi connectivity index (χ0v) is 17.9. The van der Waals surface area contributed by atoms with Crippen molar-refractivity contribution < 1.29 is 19.0 Å². The predicted molar refractivity (Wildman–Crippen MR) is 109 cm³/mol. The summed E-state index contributed by atoms with van der Waals surface area (Å²) in [5.41, 5.74) is 6.64. The fourth-order valence-corrected chi connectivity index (χ4v) is 3.24. The minimum Gasteiger partial charge on any atom is -0.490 e. The summed E-state index contributed by atoms with van der Waals surface area (Å²) in [6, 6.07) is 3.60. The molecule has 1 saturated heterocycles. The first-order valence-corrected chi connectivity index (χ1v) is 9.45. The number of nitrogens with two attached hydrogens (primary N) is 1. The third kappa shape index (κ3) is 5.42. The molecule has 0 aliphatic carbocycles. The van der Waals surface area contributed by atoms with Crippen molar-refractivity contribution in [2.45, 2.75) is 47.1 Å². The van der Waals surface area contributed by atoms with Gasteiger partial charge >= 0.3 is 0 Å². The number of carbonyl (C=O) groups is 1. The molecule has 1 unspecified atom stereocenters. The van der Waals surface area contributed by atoms with Crippen LogP contribution in [-0.2, 0) is 0 Å². The average Bonchev–Trinajstić information content (AvgIpc) is 2.59. The third-order valence-electron chi connectivity index (χ3n) is 4.76. The van der Waals surface area contributed by atoms with Gasteiger partial charge in [0.25, 0.3) is 5.91 Å². The van der Waals surface area contributed by atoms with Crippen LogP contribution in [0.4, 0.5) is 0 Å². The number of amides is 1. The van der Waals surface area contributed by atoms with E-state index in [0.717, 1.165) is 6.42 Å². The molecule has 2 N–H and O–H groups in total. The van der Waals surface area contributed by atoms with Crippen molar-refractivity contribution >= 4 is 18.3 Å². The second kappa shape index (κ2) is 10.0. The van der Waals surface area contributed by atoms with Crippen molar-refractivity contribution in [2.75, 3.05) is 32.9 Å². The number of nitrogens with zero attached hydrogens (tertiary/aromatic N) is 1. The van der Waals surface area contributed by atoms with E-state index in [-0.39, 0.29) is 29.8 Å². The normalized spacial score (nSPS) is 18.4. The van der Waals surface area contributed by atoms with E-state index < -0.39 is 0 Å². The fraction of sp³-hybridized carbons (Fsp3) is 0.650. The van der Waals surface area contributed by atoms with Crippen LogP contribution < -0.4 is 19.9 Å². The summed E-state index contributed by atoms with van der Waals surface area (Å²) in [6.45, 7) is 12.7. The lowest BCUT2D eigenvalue weighted by Crippen LogP contribution is -2.54. The van der Waals surface area contributed by atoms with Gasteiger partial charge in [0, 0.05) is 24.7 Å². The van der Waals surface area contributed by atoms with E-state index in [9.17, 15) is 4.79 Å². The van der Waals surface area contributed by atoms with E-state index in [4.69, 9.17) is 19.9 Å². The lowest BCUT2D eigenvalue weighted by molar-refractivity contribution is 0.0532. The molecule has 1 aromatic carbocycles. The van der Waals surface area contributed by atoms with Gasteiger partial charge in [-0.3, -0.25) is 4.79 Å². The Hall–Kier alpha value is -1.66. The van der Waals surface area contributed by atoms with Crippen LogP contribution in [0.1, 0.15) is 51.4 Å². The lowest BCUT2D eigenvalue weighted by atomic mass is 9.79. The zero-order chi connectivity index (χ0) is 19.3. The number of hydrogen-bond donors (Lipinski definition) is 1. The smallest absolute Gasteiger partial charge is 0.254 e. The van der Waals surface area contributed by atoms with Gasteiger partial charge < -0.3 is 24.8 Å². The van der Waals surface area contributed by atoms with Crippen molar-refractivity contribution in [1.29, 1.82) is 0 Å². The Balaban J connectivity index is 0.00000364. The Labute approximate surface area is 168 Å². The minimum absolute atomic E-state index is 0. The highest BCUT2D eigenvalue weighted by atomic mass is 35.5. The van der Waals surface area contributed by atoms with Crippen molar-refractivity contribution in [1.82, 2.24) is 4.90 Å². The molecule has 1 heterocycles. The van der Waals surface area contributed by atoms with E-state index >= 15 is 0 Å². The maximum absolute atomic E-state index is 13.1. The summed E-state index contributed by atoms with van der Waals surface area (Å²) in [5.74, 6) is 1.59. The molecule has 0 aromatic heterocycles. The van der Waals surface area contributed by atoms with E-state index in [1.54, 1.807) is 12.1 Å². The van der Waals surface area contributed by atoms with Crippen molar-refractivity contribution in [3.63, 3.8) is 0 Å². The predicted octanol–water partition coefficient (Wildman–Crippen LogP) is 3.50. The largest absolute Gasteiger partial charge is 0.490 e. The molecule has 0 bridgehead atoms. The van der Waals surface area contributed by atoms with E-state index in [0.29, 0.717) is 55.7 Å². The molecule has 0 saturated carbocycles. The number of carbonyl (C=O) groups excluding carboxylic acids is 1. The van der Waals surface area contributed by atoms with Crippen LogP contribution in [0, 0.1) is 5.41 Å². The summed E-state index contributed by atoms with van der Waals surface area (Å²) in [7, 11) is 0. The number of piperidine rings is 1. The van der Waals surface area contributed by atoms with Gasteiger partial charge in [0.15, 0.2) is 11.5 Å². The van der Waals surface area contributed by atoms with Gasteiger partial charge in [-0.25, -0.2) is 0 Å². The molecule has 154 valence electrons. The van der Waals surface area contributed by atoms with E-state index in [2.05, 4.69) is 13.8 Å². The summed E-state index contributed by atoms with van der Waals surface area (Å²) in [6.07, 6.45) is 0.798. The Kier molecular flexibility index (Phi) is 8.69. The van der Waals surface area contributed by atoms with E-state index in [1.807, 2.05) is 25.7 Å². The summed E-state index contributed by atoms with van der Waals surface area (Å²) in [5, 5.41) is 0. The first-order chi connectivity index (χ1) is 12.3. The second-order valence-electron chi connectivity index (χ2n) is 7.21. The van der Waals surface area contributed by atoms with Crippen LogP contribution in [-0.4, -0.2) is 49.8 Å². The van der Waals surface area contributed by atoms with Crippen LogP contribution in [0.25, 0.3) is 0 Å².